The molecule has 0 unspecified atom stereocenters. The van der Waals surface area contributed by atoms with Crippen molar-refractivity contribution in [3.8, 4) is 11.5 Å². The normalized spacial score (nSPS) is 26.4. The topological polar surface area (TPSA) is 118 Å². The third-order valence-electron chi connectivity index (χ3n) is 9.24. The number of fused-ring (bicyclic) bond motifs is 4. The van der Waals surface area contributed by atoms with E-state index in [4.69, 9.17) is 4.74 Å². The van der Waals surface area contributed by atoms with Gasteiger partial charge >= 0.3 is 0 Å². The summed E-state index contributed by atoms with van der Waals surface area (Å²) in [6, 6.07) is 11.3. The predicted octanol–water partition coefficient (Wildman–Crippen LogP) is 4.58. The molecular weight excluding hydrogens is 534 g/mol. The zero-order chi connectivity index (χ0) is 29.4. The minimum Gasteiger partial charge on any atom is -0.508 e. The van der Waals surface area contributed by atoms with Crippen molar-refractivity contribution in [1.82, 2.24) is 0 Å². The second kappa shape index (κ2) is 9.34. The monoisotopic (exact) mass is 561 g/mol. The van der Waals surface area contributed by atoms with Gasteiger partial charge in [0.15, 0.2) is 17.3 Å². The predicted molar refractivity (Wildman–Crippen MR) is 152 cm³/mol. The molecular formula is C34H27NO7. The lowest BCUT2D eigenvalue weighted by Crippen LogP contribution is -2.41. The maximum atomic E-state index is 14.0. The van der Waals surface area contributed by atoms with Gasteiger partial charge in [-0.05, 0) is 86.7 Å². The molecule has 4 atom stereocenters. The lowest BCUT2D eigenvalue weighted by atomic mass is 9.58. The van der Waals surface area contributed by atoms with Crippen LogP contribution in [-0.2, 0) is 25.6 Å². The molecule has 42 heavy (non-hydrogen) atoms. The molecule has 0 radical (unpaired) electrons. The van der Waals surface area contributed by atoms with Crippen LogP contribution in [0.25, 0.3) is 0 Å². The highest BCUT2D eigenvalue weighted by molar-refractivity contribution is 6.25. The van der Waals surface area contributed by atoms with Crippen molar-refractivity contribution in [2.45, 2.75) is 33.1 Å². The highest BCUT2D eigenvalue weighted by Gasteiger charge is 2.57. The maximum absolute atomic E-state index is 14.0. The first kappa shape index (κ1) is 26.1. The van der Waals surface area contributed by atoms with Crippen LogP contribution in [0.4, 0.5) is 5.69 Å². The van der Waals surface area contributed by atoms with E-state index in [9.17, 15) is 29.1 Å². The Morgan fingerprint density at radius 1 is 1.00 bits per heavy atom. The molecule has 0 aromatic heterocycles. The molecule has 210 valence electrons. The van der Waals surface area contributed by atoms with Crippen molar-refractivity contribution in [2.75, 3.05) is 4.90 Å². The van der Waals surface area contributed by atoms with Crippen molar-refractivity contribution < 1.29 is 33.8 Å². The van der Waals surface area contributed by atoms with Crippen LogP contribution in [0.15, 0.2) is 88.7 Å². The first-order valence-corrected chi connectivity index (χ1v) is 14.0. The summed E-state index contributed by atoms with van der Waals surface area (Å²) in [5, 5.41) is 10.1. The molecule has 0 spiro atoms. The number of ether oxygens (including phenoxy) is 1. The van der Waals surface area contributed by atoms with Crippen LogP contribution in [0.3, 0.4) is 0 Å². The van der Waals surface area contributed by atoms with Crippen LogP contribution >= 0.6 is 0 Å². The van der Waals surface area contributed by atoms with Crippen LogP contribution in [0, 0.1) is 23.7 Å². The zero-order valence-corrected chi connectivity index (χ0v) is 23.0. The number of amides is 2. The molecule has 7 rings (SSSR count). The summed E-state index contributed by atoms with van der Waals surface area (Å²) in [4.78, 5) is 67.7. The summed E-state index contributed by atoms with van der Waals surface area (Å²) >= 11 is 0. The molecule has 8 nitrogen and oxygen atoms in total. The van der Waals surface area contributed by atoms with Crippen molar-refractivity contribution in [3.63, 3.8) is 0 Å². The fourth-order valence-electron chi connectivity index (χ4n) is 7.29. The SMILES string of the molecule is CC(=O)c1ccc(N2C(=O)[C@H]3[C@H](CC=C4[C@H](C5=COc6ccc(O)cc6C5)C5=C(C[C@H]43)C(=O)C(C)=CC5=O)C2=O)cc1. The fraction of sp³-hybridized carbons (Fsp3) is 0.265. The second-order valence-electron chi connectivity index (χ2n) is 11.6. The third-order valence-corrected chi connectivity index (χ3v) is 9.24. The number of hydrogen-bond acceptors (Lipinski definition) is 7. The number of carbonyl (C=O) groups is 5. The quantitative estimate of drug-likeness (QED) is 0.252. The van der Waals surface area contributed by atoms with Crippen molar-refractivity contribution in [3.05, 3.63) is 99.9 Å². The van der Waals surface area contributed by atoms with Gasteiger partial charge < -0.3 is 9.84 Å². The minimum atomic E-state index is -0.697. The highest BCUT2D eigenvalue weighted by atomic mass is 16.5. The number of carbonyl (C=O) groups excluding carboxylic acids is 5. The smallest absolute Gasteiger partial charge is 0.238 e. The van der Waals surface area contributed by atoms with E-state index in [-0.39, 0.29) is 41.3 Å². The van der Waals surface area contributed by atoms with E-state index in [1.807, 2.05) is 6.08 Å². The molecule has 2 aromatic carbocycles. The Balaban J connectivity index is 1.31. The lowest BCUT2D eigenvalue weighted by molar-refractivity contribution is -0.123. The fourth-order valence-corrected chi connectivity index (χ4v) is 7.29. The van der Waals surface area contributed by atoms with Crippen molar-refractivity contribution in [2.24, 2.45) is 23.7 Å². The van der Waals surface area contributed by atoms with Crippen LogP contribution < -0.4 is 9.64 Å². The summed E-state index contributed by atoms with van der Waals surface area (Å²) in [7, 11) is 0. The molecule has 3 aliphatic carbocycles. The van der Waals surface area contributed by atoms with Gasteiger partial charge in [-0.25, -0.2) is 0 Å². The van der Waals surface area contributed by atoms with Crippen LogP contribution in [0.1, 0.15) is 42.6 Å². The molecule has 1 N–H and O–H groups in total. The first-order chi connectivity index (χ1) is 20.1. The standard InChI is InChI=1S/C34H27NO7/c1-16-11-27(38)31-26(32(16)39)14-25-23(29(31)20-12-19-13-22(37)7-10-28(19)42-15-20)8-9-24-30(25)34(41)35(33(24)40)21-5-3-18(4-6-21)17(2)36/h3-8,10-11,13,15,24-25,29-30,37H,9,12,14H2,1-2H3/t24-,25+,29-,30-/m0/s1. The van der Waals surface area contributed by atoms with Crippen LogP contribution in [0.5, 0.6) is 11.5 Å². The van der Waals surface area contributed by atoms with Crippen LogP contribution in [-0.4, -0.2) is 34.3 Å². The molecule has 2 aliphatic heterocycles. The van der Waals surface area contributed by atoms with Gasteiger partial charge in [-0.3, -0.25) is 28.9 Å². The summed E-state index contributed by atoms with van der Waals surface area (Å²) in [5.74, 6) is -2.88. The Kier molecular flexibility index (Phi) is 5.80. The Hall–Kier alpha value is -4.85. The number of Topliss-reactive ketones (excluding diaryl/α,β-unsaturated/α-hetero) is 2. The van der Waals surface area contributed by atoms with Gasteiger partial charge in [0.05, 0.1) is 23.8 Å². The van der Waals surface area contributed by atoms with Gasteiger partial charge in [0, 0.05) is 40.2 Å². The molecule has 5 aliphatic rings. The molecule has 1 fully saturated rings. The summed E-state index contributed by atoms with van der Waals surface area (Å²) in [5.41, 5.74) is 4.37. The van der Waals surface area contributed by atoms with Gasteiger partial charge in [-0.15, -0.1) is 0 Å². The van der Waals surface area contributed by atoms with Gasteiger partial charge in [0.1, 0.15) is 11.5 Å². The number of nitrogens with zero attached hydrogens (tertiary/aromatic N) is 1. The molecule has 0 saturated carbocycles. The number of phenolic OH excluding ortho intramolecular Hbond substituents is 1. The second-order valence-corrected chi connectivity index (χ2v) is 11.6. The van der Waals surface area contributed by atoms with E-state index < -0.39 is 23.7 Å². The van der Waals surface area contributed by atoms with Gasteiger partial charge in [0.25, 0.3) is 0 Å². The maximum Gasteiger partial charge on any atom is 0.238 e. The zero-order valence-electron chi connectivity index (χ0n) is 23.0. The highest BCUT2D eigenvalue weighted by Crippen LogP contribution is 2.55. The number of imide groups is 1. The van der Waals surface area contributed by atoms with E-state index in [0.717, 1.165) is 16.7 Å². The lowest BCUT2D eigenvalue weighted by Gasteiger charge is -2.43. The van der Waals surface area contributed by atoms with Crippen molar-refractivity contribution in [1.29, 1.82) is 0 Å². The van der Waals surface area contributed by atoms with E-state index in [2.05, 4.69) is 0 Å². The van der Waals surface area contributed by atoms with Gasteiger partial charge in [0.2, 0.25) is 11.8 Å². The Labute approximate surface area is 241 Å². The molecule has 1 saturated heterocycles. The van der Waals surface area contributed by atoms with E-state index >= 15 is 0 Å². The van der Waals surface area contributed by atoms with Crippen LogP contribution in [0.2, 0.25) is 0 Å². The number of allylic oxidation sites excluding steroid dienone is 7. The average molecular weight is 562 g/mol. The average Bonchev–Trinajstić information content (AvgIpc) is 3.23. The number of hydrogen-bond donors (Lipinski definition) is 1. The third kappa shape index (κ3) is 3.78. The van der Waals surface area contributed by atoms with E-state index in [1.54, 1.807) is 49.6 Å². The van der Waals surface area contributed by atoms with Gasteiger partial charge in [-0.1, -0.05) is 11.6 Å². The number of benzene rings is 2. The van der Waals surface area contributed by atoms with Crippen molar-refractivity contribution >= 4 is 34.9 Å². The molecule has 2 heterocycles. The number of phenols is 1. The van der Waals surface area contributed by atoms with Gasteiger partial charge in [-0.2, -0.15) is 0 Å². The Morgan fingerprint density at radius 3 is 2.50 bits per heavy atom. The number of anilines is 1. The summed E-state index contributed by atoms with van der Waals surface area (Å²) < 4.78 is 5.93. The number of rotatable bonds is 3. The molecule has 8 heteroatoms. The number of ketones is 3. The largest absolute Gasteiger partial charge is 0.508 e. The Morgan fingerprint density at radius 2 is 1.76 bits per heavy atom. The molecule has 2 aromatic rings. The summed E-state index contributed by atoms with van der Waals surface area (Å²) in [6.45, 7) is 3.07. The molecule has 0 bridgehead atoms. The summed E-state index contributed by atoms with van der Waals surface area (Å²) in [6.07, 6.45) is 5.85. The van der Waals surface area contributed by atoms with E-state index in [1.165, 1.54) is 24.0 Å². The minimum absolute atomic E-state index is 0.0914. The molecule has 2 amide bonds. The van der Waals surface area contributed by atoms with E-state index in [0.29, 0.717) is 46.6 Å². The number of aromatic hydroxyl groups is 1. The Bertz CT molecular complexity index is 1770. The first-order valence-electron chi connectivity index (χ1n) is 14.0.